The van der Waals surface area contributed by atoms with Gasteiger partial charge in [-0.15, -0.1) is 0 Å². The van der Waals surface area contributed by atoms with E-state index in [-0.39, 0.29) is 30.8 Å². The number of amides is 2. The van der Waals surface area contributed by atoms with Crippen molar-refractivity contribution in [3.63, 3.8) is 0 Å². The van der Waals surface area contributed by atoms with Crippen LogP contribution in [0, 0.1) is 6.92 Å². The van der Waals surface area contributed by atoms with E-state index in [2.05, 4.69) is 10.5 Å². The Balaban J connectivity index is 1.27. The summed E-state index contributed by atoms with van der Waals surface area (Å²) in [6.07, 6.45) is -0.695. The first-order valence-corrected chi connectivity index (χ1v) is 11.3. The highest BCUT2D eigenvalue weighted by molar-refractivity contribution is 5.94. The van der Waals surface area contributed by atoms with Gasteiger partial charge in [-0.05, 0) is 19.1 Å². The average Bonchev–Trinajstić information content (AvgIpc) is 3.32. The largest absolute Gasteiger partial charge is 0.477 e. The van der Waals surface area contributed by atoms with Crippen LogP contribution in [0.2, 0.25) is 0 Å². The molecule has 0 bridgehead atoms. The van der Waals surface area contributed by atoms with E-state index in [1.54, 1.807) is 11.0 Å². The van der Waals surface area contributed by atoms with Crippen molar-refractivity contribution >= 4 is 23.4 Å². The van der Waals surface area contributed by atoms with Crippen molar-refractivity contribution in [2.45, 2.75) is 13.0 Å². The minimum Gasteiger partial charge on any atom is -0.477 e. The summed E-state index contributed by atoms with van der Waals surface area (Å²) in [6, 6.07) is 17.0. The number of morpholine rings is 1. The van der Waals surface area contributed by atoms with Gasteiger partial charge in [-0.25, -0.2) is 0 Å². The minimum absolute atomic E-state index is 0.0355. The Morgan fingerprint density at radius 1 is 1.09 bits per heavy atom. The lowest BCUT2D eigenvalue weighted by Gasteiger charge is -2.37. The predicted octanol–water partition coefficient (Wildman–Crippen LogP) is 2.71. The lowest BCUT2D eigenvalue weighted by Crippen LogP contribution is -2.53. The summed E-state index contributed by atoms with van der Waals surface area (Å²) < 4.78 is 16.7. The van der Waals surface area contributed by atoms with Gasteiger partial charge in [-0.2, -0.15) is 0 Å². The lowest BCUT2D eigenvalue weighted by molar-refractivity contribution is -0.142. The number of aromatic nitrogens is 1. The Hall–Kier alpha value is -3.85. The number of carbonyl (C=O) groups is 2. The summed E-state index contributed by atoms with van der Waals surface area (Å²) in [7, 11) is 0. The Kier molecular flexibility index (Phi) is 6.18. The number of hydrogen-bond acceptors (Lipinski definition) is 7. The maximum absolute atomic E-state index is 13.0. The third kappa shape index (κ3) is 4.74. The first-order valence-electron chi connectivity index (χ1n) is 11.3. The van der Waals surface area contributed by atoms with E-state index in [1.807, 2.05) is 60.4 Å². The molecule has 2 amide bonds. The molecule has 0 aliphatic carbocycles. The topological polar surface area (TPSA) is 97.1 Å². The van der Waals surface area contributed by atoms with Crippen LogP contribution in [0.3, 0.4) is 0 Å². The molecule has 0 spiro atoms. The molecule has 34 heavy (non-hydrogen) atoms. The van der Waals surface area contributed by atoms with Crippen LogP contribution in [0.1, 0.15) is 5.56 Å². The van der Waals surface area contributed by atoms with Gasteiger partial charge in [0.25, 0.3) is 5.91 Å². The molecular weight excluding hydrogens is 436 g/mol. The van der Waals surface area contributed by atoms with E-state index in [0.717, 1.165) is 16.8 Å². The fourth-order valence-corrected chi connectivity index (χ4v) is 4.12. The van der Waals surface area contributed by atoms with Crippen LogP contribution in [-0.2, 0) is 14.3 Å². The van der Waals surface area contributed by atoms with Crippen molar-refractivity contribution in [3.05, 3.63) is 60.2 Å². The summed E-state index contributed by atoms with van der Waals surface area (Å²) >= 11 is 0. The maximum atomic E-state index is 13.0. The van der Waals surface area contributed by atoms with E-state index in [0.29, 0.717) is 37.7 Å². The van der Waals surface area contributed by atoms with Crippen molar-refractivity contribution in [2.75, 3.05) is 49.6 Å². The number of carbonyl (C=O) groups excluding carboxylic acids is 2. The molecule has 0 saturated carbocycles. The van der Waals surface area contributed by atoms with Gasteiger partial charge in [0.2, 0.25) is 11.8 Å². The SMILES string of the molecule is Cc1ccc(-c2cc(NC(=O)CN3C[C@H](C(=O)N4CCOCC4)Oc4ccccc43)on2)cc1. The number of nitrogens with one attached hydrogen (secondary N) is 1. The molecule has 2 aliphatic rings. The van der Waals surface area contributed by atoms with Crippen molar-refractivity contribution in [1.82, 2.24) is 10.1 Å². The van der Waals surface area contributed by atoms with Crippen LogP contribution >= 0.6 is 0 Å². The molecule has 0 unspecified atom stereocenters. The van der Waals surface area contributed by atoms with Gasteiger partial charge in [-0.3, -0.25) is 14.9 Å². The molecule has 1 fully saturated rings. The second-order valence-electron chi connectivity index (χ2n) is 8.38. The van der Waals surface area contributed by atoms with Crippen LogP contribution < -0.4 is 15.0 Å². The van der Waals surface area contributed by atoms with Gasteiger partial charge in [-0.1, -0.05) is 47.1 Å². The van der Waals surface area contributed by atoms with Crippen LogP contribution in [0.5, 0.6) is 5.75 Å². The van der Waals surface area contributed by atoms with E-state index < -0.39 is 6.10 Å². The van der Waals surface area contributed by atoms with E-state index in [4.69, 9.17) is 14.0 Å². The Morgan fingerprint density at radius 3 is 2.65 bits per heavy atom. The fourth-order valence-electron chi connectivity index (χ4n) is 4.12. The summed E-state index contributed by atoms with van der Waals surface area (Å²) in [5.41, 5.74) is 3.46. The molecule has 1 aromatic heterocycles. The molecule has 5 rings (SSSR count). The van der Waals surface area contributed by atoms with Gasteiger partial charge >= 0.3 is 0 Å². The highest BCUT2D eigenvalue weighted by Crippen LogP contribution is 2.33. The van der Waals surface area contributed by atoms with Gasteiger partial charge < -0.3 is 23.8 Å². The number of nitrogens with zero attached hydrogens (tertiary/aromatic N) is 3. The van der Waals surface area contributed by atoms with Crippen LogP contribution in [-0.4, -0.2) is 67.4 Å². The number of aryl methyl sites for hydroxylation is 1. The van der Waals surface area contributed by atoms with Crippen molar-refractivity contribution in [3.8, 4) is 17.0 Å². The minimum atomic E-state index is -0.695. The molecule has 1 atom stereocenters. The van der Waals surface area contributed by atoms with Gasteiger partial charge in [0.1, 0.15) is 11.4 Å². The lowest BCUT2D eigenvalue weighted by atomic mass is 10.1. The predicted molar refractivity (Wildman–Crippen MR) is 126 cm³/mol. The van der Waals surface area contributed by atoms with Crippen LogP contribution in [0.25, 0.3) is 11.3 Å². The molecular formula is C25H26N4O5. The molecule has 9 heteroatoms. The Labute approximate surface area is 197 Å². The third-order valence-electron chi connectivity index (χ3n) is 5.91. The quantitative estimate of drug-likeness (QED) is 0.623. The van der Waals surface area contributed by atoms with E-state index >= 15 is 0 Å². The molecule has 9 nitrogen and oxygen atoms in total. The maximum Gasteiger partial charge on any atom is 0.265 e. The number of hydrogen-bond donors (Lipinski definition) is 1. The van der Waals surface area contributed by atoms with Crippen molar-refractivity contribution in [1.29, 1.82) is 0 Å². The van der Waals surface area contributed by atoms with Gasteiger partial charge in [0, 0.05) is 24.7 Å². The van der Waals surface area contributed by atoms with Crippen LogP contribution in [0.15, 0.2) is 59.1 Å². The summed E-state index contributed by atoms with van der Waals surface area (Å²) in [4.78, 5) is 29.5. The van der Waals surface area contributed by atoms with E-state index in [1.165, 1.54) is 0 Å². The zero-order valence-corrected chi connectivity index (χ0v) is 18.9. The molecule has 3 heterocycles. The zero-order valence-electron chi connectivity index (χ0n) is 18.9. The number of ether oxygens (including phenoxy) is 2. The number of fused-ring (bicyclic) bond motifs is 1. The third-order valence-corrected chi connectivity index (χ3v) is 5.91. The number of anilines is 2. The average molecular weight is 463 g/mol. The summed E-state index contributed by atoms with van der Waals surface area (Å²) in [6.45, 7) is 4.43. The first kappa shape index (κ1) is 22.0. The number of para-hydroxylation sites is 2. The van der Waals surface area contributed by atoms with Gasteiger partial charge in [0.05, 0.1) is 32.0 Å². The fraction of sp³-hybridized carbons (Fsp3) is 0.320. The van der Waals surface area contributed by atoms with Crippen LogP contribution in [0.4, 0.5) is 11.6 Å². The smallest absolute Gasteiger partial charge is 0.265 e. The monoisotopic (exact) mass is 462 g/mol. The molecule has 1 N–H and O–H groups in total. The Morgan fingerprint density at radius 2 is 1.85 bits per heavy atom. The highest BCUT2D eigenvalue weighted by Gasteiger charge is 2.34. The zero-order chi connectivity index (χ0) is 23.5. The standard InChI is InChI=1S/C25H26N4O5/c1-17-6-8-18(9-7-17)19-14-24(34-27-19)26-23(30)16-29-15-22(25(31)28-10-12-32-13-11-28)33-21-5-3-2-4-20(21)29/h2-9,14,22H,10-13,15-16H2,1H3,(H,26,30)/t22-/m1/s1. The molecule has 1 saturated heterocycles. The van der Waals surface area contributed by atoms with E-state index in [9.17, 15) is 9.59 Å². The molecule has 2 aromatic carbocycles. The molecule has 0 radical (unpaired) electrons. The van der Waals surface area contributed by atoms with Crippen molar-refractivity contribution in [2.24, 2.45) is 0 Å². The number of rotatable bonds is 5. The second kappa shape index (κ2) is 9.56. The Bertz CT molecular complexity index is 1170. The summed E-state index contributed by atoms with van der Waals surface area (Å²) in [5, 5.41) is 6.82. The number of benzene rings is 2. The first-order chi connectivity index (χ1) is 16.6. The van der Waals surface area contributed by atoms with Crippen molar-refractivity contribution < 1.29 is 23.6 Å². The normalized spacial score (nSPS) is 17.6. The molecule has 2 aliphatic heterocycles. The molecule has 3 aromatic rings. The van der Waals surface area contributed by atoms with Gasteiger partial charge in [0.15, 0.2) is 6.10 Å². The summed E-state index contributed by atoms with van der Waals surface area (Å²) in [5.74, 6) is 0.472. The molecule has 176 valence electrons. The highest BCUT2D eigenvalue weighted by atomic mass is 16.5. The second-order valence-corrected chi connectivity index (χ2v) is 8.38.